The van der Waals surface area contributed by atoms with Crippen molar-refractivity contribution in [2.24, 2.45) is 4.99 Å². The number of para-hydroxylation sites is 1. The van der Waals surface area contributed by atoms with E-state index >= 15 is 0 Å². The molecule has 0 saturated heterocycles. The van der Waals surface area contributed by atoms with Crippen molar-refractivity contribution in [1.29, 1.82) is 0 Å². The van der Waals surface area contributed by atoms with Crippen LogP contribution in [0.15, 0.2) is 57.8 Å². The molecule has 3 aromatic rings. The molecular weight excluding hydrogens is 380 g/mol. The molecule has 2 aliphatic rings. The zero-order valence-electron chi connectivity index (χ0n) is 14.3. The molecule has 7 nitrogen and oxygen atoms in total. The summed E-state index contributed by atoms with van der Waals surface area (Å²) in [5.74, 6) is 0.456. The fourth-order valence-corrected chi connectivity index (χ4v) is 3.93. The van der Waals surface area contributed by atoms with Crippen LogP contribution in [0, 0.1) is 0 Å². The Hall–Kier alpha value is -3.65. The number of aromatic nitrogens is 1. The Bertz CT molecular complexity index is 1340. The molecule has 0 saturated carbocycles. The van der Waals surface area contributed by atoms with Crippen LogP contribution in [0.5, 0.6) is 17.4 Å². The second-order valence-electron chi connectivity index (χ2n) is 6.15. The average molecular weight is 392 g/mol. The van der Waals surface area contributed by atoms with Crippen LogP contribution >= 0.6 is 11.3 Å². The minimum absolute atomic E-state index is 0.129. The van der Waals surface area contributed by atoms with E-state index in [0.717, 1.165) is 11.3 Å². The first-order valence-electron chi connectivity index (χ1n) is 8.36. The van der Waals surface area contributed by atoms with Gasteiger partial charge in [0.1, 0.15) is 0 Å². The lowest BCUT2D eigenvalue weighted by Crippen LogP contribution is -2.30. The summed E-state index contributed by atoms with van der Waals surface area (Å²) < 4.78 is 11.9. The summed E-state index contributed by atoms with van der Waals surface area (Å²) in [6.07, 6.45) is 3.13. The monoisotopic (exact) mass is 392 g/mol. The van der Waals surface area contributed by atoms with Gasteiger partial charge in [0.25, 0.3) is 5.91 Å². The fourth-order valence-electron chi connectivity index (χ4n) is 3.09. The van der Waals surface area contributed by atoms with Crippen LogP contribution < -0.4 is 24.9 Å². The number of carbonyl (C=O) groups excluding carboxylic acids is 1. The van der Waals surface area contributed by atoms with Crippen molar-refractivity contribution in [3.05, 3.63) is 73.2 Å². The van der Waals surface area contributed by atoms with Crippen molar-refractivity contribution in [2.45, 2.75) is 0 Å². The standard InChI is InChI=1S/C20H12N2O5S/c23-18-12(6-11-7-15-16(27-10-26-15)9-14(11)21-18)8-17-19(24)22(20(25)28-17)13-4-2-1-3-5-13/h1-9,24H,10H2/b12-8-. The van der Waals surface area contributed by atoms with E-state index in [9.17, 15) is 14.7 Å². The second-order valence-corrected chi connectivity index (χ2v) is 7.15. The van der Waals surface area contributed by atoms with Crippen LogP contribution in [0.1, 0.15) is 4.88 Å². The smallest absolute Gasteiger partial charge is 0.315 e. The highest BCUT2D eigenvalue weighted by Gasteiger charge is 2.19. The number of nitrogens with zero attached hydrogens (tertiary/aromatic N) is 2. The molecular formula is C20H12N2O5S. The molecule has 0 bridgehead atoms. The van der Waals surface area contributed by atoms with Crippen LogP contribution in [0.25, 0.3) is 17.8 Å². The number of rotatable bonds is 2. The van der Waals surface area contributed by atoms with Crippen molar-refractivity contribution in [1.82, 2.24) is 4.57 Å². The van der Waals surface area contributed by atoms with Crippen molar-refractivity contribution >= 4 is 29.4 Å². The number of thiazole rings is 1. The Morgan fingerprint density at radius 1 is 1.11 bits per heavy atom. The highest BCUT2D eigenvalue weighted by Crippen LogP contribution is 2.29. The third-order valence-electron chi connectivity index (χ3n) is 4.41. The number of ether oxygens (including phenoxy) is 2. The van der Waals surface area contributed by atoms with E-state index in [1.54, 1.807) is 42.5 Å². The molecule has 0 spiro atoms. The van der Waals surface area contributed by atoms with Gasteiger partial charge >= 0.3 is 4.87 Å². The molecule has 2 aliphatic heterocycles. The average Bonchev–Trinajstić information content (AvgIpc) is 3.25. The molecule has 8 heteroatoms. The minimum atomic E-state index is -0.460. The van der Waals surface area contributed by atoms with Crippen molar-refractivity contribution < 1.29 is 19.4 Å². The van der Waals surface area contributed by atoms with Crippen LogP contribution in [-0.4, -0.2) is 22.4 Å². The number of aromatic hydroxyl groups is 1. The van der Waals surface area contributed by atoms with Crippen molar-refractivity contribution in [3.63, 3.8) is 0 Å². The first-order valence-corrected chi connectivity index (χ1v) is 9.18. The summed E-state index contributed by atoms with van der Waals surface area (Å²) in [5, 5.41) is 11.7. The molecule has 0 fully saturated rings. The van der Waals surface area contributed by atoms with Crippen molar-refractivity contribution in [2.75, 3.05) is 6.79 Å². The molecule has 138 valence electrons. The lowest BCUT2D eigenvalue weighted by molar-refractivity contribution is -0.114. The Kier molecular flexibility index (Phi) is 3.66. The van der Waals surface area contributed by atoms with Gasteiger partial charge in [-0.05, 0) is 30.4 Å². The maximum absolute atomic E-state index is 12.4. The molecule has 0 unspecified atom stereocenters. The quantitative estimate of drug-likeness (QED) is 0.665. The van der Waals surface area contributed by atoms with E-state index in [1.165, 1.54) is 10.6 Å². The summed E-state index contributed by atoms with van der Waals surface area (Å²) in [7, 11) is 0. The lowest BCUT2D eigenvalue weighted by atomic mass is 10.1. The van der Waals surface area contributed by atoms with Gasteiger partial charge in [-0.25, -0.2) is 9.56 Å². The SMILES string of the molecule is O=C1N=c2cc3c(cc2=C/C1=C/c1sc(=O)n(-c2ccccc2)c1O)OCO3. The molecule has 0 aliphatic carbocycles. The third-order valence-corrected chi connectivity index (χ3v) is 5.29. The molecule has 5 rings (SSSR count). The maximum atomic E-state index is 12.4. The van der Waals surface area contributed by atoms with Crippen LogP contribution in [-0.2, 0) is 4.79 Å². The molecule has 1 N–H and O–H groups in total. The number of carbonyl (C=O) groups is 1. The Morgan fingerprint density at radius 2 is 1.86 bits per heavy atom. The van der Waals surface area contributed by atoms with Gasteiger partial charge in [0, 0.05) is 16.9 Å². The van der Waals surface area contributed by atoms with Gasteiger partial charge < -0.3 is 14.6 Å². The summed E-state index contributed by atoms with van der Waals surface area (Å²) in [5.41, 5.74) is 0.815. The number of benzene rings is 2. The van der Waals surface area contributed by atoms with Gasteiger partial charge in [-0.1, -0.05) is 29.5 Å². The third kappa shape index (κ3) is 2.62. The maximum Gasteiger partial charge on any atom is 0.315 e. The Morgan fingerprint density at radius 3 is 2.64 bits per heavy atom. The first-order chi connectivity index (χ1) is 13.6. The van der Waals surface area contributed by atoms with E-state index in [2.05, 4.69) is 4.99 Å². The van der Waals surface area contributed by atoms with Gasteiger partial charge in [-0.3, -0.25) is 9.59 Å². The molecule has 0 atom stereocenters. The van der Waals surface area contributed by atoms with Gasteiger partial charge in [0.2, 0.25) is 12.7 Å². The van der Waals surface area contributed by atoms with Crippen LogP contribution in [0.4, 0.5) is 0 Å². The molecule has 2 aromatic carbocycles. The molecule has 1 aromatic heterocycles. The predicted octanol–water partition coefficient (Wildman–Crippen LogP) is 1.36. The predicted molar refractivity (Wildman–Crippen MR) is 102 cm³/mol. The van der Waals surface area contributed by atoms with E-state index in [-0.39, 0.29) is 28.0 Å². The van der Waals surface area contributed by atoms with E-state index < -0.39 is 5.91 Å². The largest absolute Gasteiger partial charge is 0.493 e. The highest BCUT2D eigenvalue weighted by atomic mass is 32.1. The van der Waals surface area contributed by atoms with Gasteiger partial charge in [-0.15, -0.1) is 0 Å². The Balaban J connectivity index is 1.63. The summed E-state index contributed by atoms with van der Waals surface area (Å²) in [4.78, 5) is 28.8. The first kappa shape index (κ1) is 16.5. The van der Waals surface area contributed by atoms with E-state index in [1.807, 2.05) is 6.07 Å². The summed E-state index contributed by atoms with van der Waals surface area (Å²) >= 11 is 0.855. The summed E-state index contributed by atoms with van der Waals surface area (Å²) in [6.45, 7) is 0.129. The van der Waals surface area contributed by atoms with Crippen LogP contribution in [0.2, 0.25) is 0 Å². The number of amides is 1. The molecule has 28 heavy (non-hydrogen) atoms. The lowest BCUT2D eigenvalue weighted by Gasteiger charge is -2.05. The molecule has 3 heterocycles. The second kappa shape index (κ2) is 6.21. The summed E-state index contributed by atoms with van der Waals surface area (Å²) in [6, 6.07) is 12.2. The van der Waals surface area contributed by atoms with Gasteiger partial charge in [0.15, 0.2) is 11.5 Å². The van der Waals surface area contributed by atoms with Crippen molar-refractivity contribution in [3.8, 4) is 23.1 Å². The van der Waals surface area contributed by atoms with Gasteiger partial charge in [0.05, 0.1) is 15.9 Å². The minimum Gasteiger partial charge on any atom is -0.493 e. The highest BCUT2D eigenvalue weighted by molar-refractivity contribution is 7.10. The number of fused-ring (bicyclic) bond motifs is 2. The number of hydrogen-bond donors (Lipinski definition) is 1. The van der Waals surface area contributed by atoms with E-state index in [4.69, 9.17) is 9.47 Å². The fraction of sp³-hybridized carbons (Fsp3) is 0.0500. The molecule has 0 radical (unpaired) electrons. The number of hydrogen-bond acceptors (Lipinski definition) is 6. The van der Waals surface area contributed by atoms with Gasteiger partial charge in [-0.2, -0.15) is 0 Å². The molecule has 1 amide bonds. The Labute approximate surface area is 161 Å². The zero-order valence-corrected chi connectivity index (χ0v) is 15.1. The van der Waals surface area contributed by atoms with E-state index in [0.29, 0.717) is 27.8 Å². The topological polar surface area (TPSA) is 90.1 Å². The zero-order chi connectivity index (χ0) is 19.3. The van der Waals surface area contributed by atoms with Crippen LogP contribution in [0.3, 0.4) is 0 Å². The normalized spacial score (nSPS) is 15.9.